The largest absolute Gasteiger partial charge is 0.434 e. The van der Waals surface area contributed by atoms with Gasteiger partial charge in [0.05, 0.1) is 28.1 Å². The SMILES string of the molecule is CC1(C)c2ccccc2-c2cccc(N(c3cc4c(c5ccccc35)c3ccccc3n4-c3ccccc3)c3cccc4nc(-c5cccc6ccccc56)oc34)c21. The van der Waals surface area contributed by atoms with Crippen molar-refractivity contribution in [3.05, 3.63) is 199 Å². The minimum Gasteiger partial charge on any atom is -0.434 e. The smallest absolute Gasteiger partial charge is 0.228 e. The van der Waals surface area contributed by atoms with Gasteiger partial charge in [-0.2, -0.15) is 0 Å². The minimum absolute atomic E-state index is 0.275. The summed E-state index contributed by atoms with van der Waals surface area (Å²) in [5, 5.41) is 7.08. The summed E-state index contributed by atoms with van der Waals surface area (Å²) < 4.78 is 9.45. The molecule has 0 unspecified atom stereocenters. The van der Waals surface area contributed by atoms with Gasteiger partial charge < -0.3 is 13.9 Å². The van der Waals surface area contributed by atoms with Crippen molar-refractivity contribution in [2.75, 3.05) is 4.90 Å². The van der Waals surface area contributed by atoms with E-state index in [1.54, 1.807) is 0 Å². The van der Waals surface area contributed by atoms with Crippen LogP contribution in [0, 0.1) is 0 Å². The summed E-state index contributed by atoms with van der Waals surface area (Å²) in [6, 6.07) is 67.6. The molecule has 0 aliphatic heterocycles. The highest BCUT2D eigenvalue weighted by Crippen LogP contribution is 2.56. The Kier molecular flexibility index (Phi) is 6.94. The van der Waals surface area contributed by atoms with E-state index in [0.717, 1.165) is 61.1 Å². The number of rotatable bonds is 5. The third kappa shape index (κ3) is 4.60. The quantitative estimate of drug-likeness (QED) is 0.176. The van der Waals surface area contributed by atoms with Crippen LogP contribution in [0.3, 0.4) is 0 Å². The maximum absolute atomic E-state index is 7.03. The molecule has 2 aromatic heterocycles. The number of hydrogen-bond donors (Lipinski definition) is 0. The van der Waals surface area contributed by atoms with Crippen LogP contribution in [0.15, 0.2) is 192 Å². The first-order valence-electron chi connectivity index (χ1n) is 20.0. The van der Waals surface area contributed by atoms with Gasteiger partial charge in [0.25, 0.3) is 0 Å². The maximum atomic E-state index is 7.03. The van der Waals surface area contributed by atoms with E-state index in [4.69, 9.17) is 9.40 Å². The van der Waals surface area contributed by atoms with Crippen LogP contribution < -0.4 is 4.90 Å². The number of nitrogens with zero attached hydrogens (tertiary/aromatic N) is 3. The number of oxazole rings is 1. The topological polar surface area (TPSA) is 34.2 Å². The second kappa shape index (κ2) is 12.3. The van der Waals surface area contributed by atoms with E-state index in [1.807, 2.05) is 0 Å². The normalized spacial score (nSPS) is 13.1. The lowest BCUT2D eigenvalue weighted by Crippen LogP contribution is -2.21. The van der Waals surface area contributed by atoms with Crippen LogP contribution in [0.5, 0.6) is 0 Å². The monoisotopic (exact) mass is 743 g/mol. The van der Waals surface area contributed by atoms with E-state index in [1.165, 1.54) is 43.9 Å². The van der Waals surface area contributed by atoms with Crippen LogP contribution in [0.1, 0.15) is 25.0 Å². The van der Waals surface area contributed by atoms with Crippen molar-refractivity contribution in [1.29, 1.82) is 0 Å². The summed E-state index contributed by atoms with van der Waals surface area (Å²) in [7, 11) is 0. The first-order valence-corrected chi connectivity index (χ1v) is 20.0. The molecule has 9 aromatic carbocycles. The van der Waals surface area contributed by atoms with Crippen molar-refractivity contribution >= 4 is 71.5 Å². The molecule has 1 aliphatic rings. The Morgan fingerprint density at radius 3 is 2.02 bits per heavy atom. The third-order valence-corrected chi connectivity index (χ3v) is 12.4. The molecule has 0 spiro atoms. The van der Waals surface area contributed by atoms with Crippen molar-refractivity contribution in [1.82, 2.24) is 9.55 Å². The molecule has 2 heterocycles. The Bertz CT molecular complexity index is 3440. The fourth-order valence-corrected chi connectivity index (χ4v) is 9.88. The molecule has 0 atom stereocenters. The number of anilines is 3. The summed E-state index contributed by atoms with van der Waals surface area (Å²) in [4.78, 5) is 7.65. The van der Waals surface area contributed by atoms with E-state index in [2.05, 4.69) is 211 Å². The van der Waals surface area contributed by atoms with E-state index in [0.29, 0.717) is 5.89 Å². The summed E-state index contributed by atoms with van der Waals surface area (Å²) in [6.45, 7) is 4.73. The number of benzene rings is 9. The molecule has 58 heavy (non-hydrogen) atoms. The van der Waals surface area contributed by atoms with E-state index in [9.17, 15) is 0 Å². The van der Waals surface area contributed by atoms with Gasteiger partial charge in [-0.3, -0.25) is 0 Å². The summed E-state index contributed by atoms with van der Waals surface area (Å²) in [6.07, 6.45) is 0. The Labute approximate surface area is 335 Å². The highest BCUT2D eigenvalue weighted by atomic mass is 16.3. The van der Waals surface area contributed by atoms with Gasteiger partial charge in [-0.15, -0.1) is 0 Å². The maximum Gasteiger partial charge on any atom is 0.228 e. The summed E-state index contributed by atoms with van der Waals surface area (Å²) in [5.74, 6) is 0.606. The highest BCUT2D eigenvalue weighted by molar-refractivity contribution is 6.25. The van der Waals surface area contributed by atoms with Gasteiger partial charge in [0.1, 0.15) is 5.52 Å². The van der Waals surface area contributed by atoms with E-state index < -0.39 is 0 Å². The number of para-hydroxylation sites is 3. The van der Waals surface area contributed by atoms with Crippen LogP contribution >= 0.6 is 0 Å². The molecule has 0 amide bonds. The zero-order valence-electron chi connectivity index (χ0n) is 32.1. The summed E-state index contributed by atoms with van der Waals surface area (Å²) >= 11 is 0. The first kappa shape index (κ1) is 32.8. The predicted octanol–water partition coefficient (Wildman–Crippen LogP) is 14.7. The molecule has 0 N–H and O–H groups in total. The fourth-order valence-electron chi connectivity index (χ4n) is 9.88. The number of fused-ring (bicyclic) bond motifs is 10. The Hall–Kier alpha value is -7.43. The predicted molar refractivity (Wildman–Crippen MR) is 241 cm³/mol. The minimum atomic E-state index is -0.275. The molecule has 0 fully saturated rings. The fraction of sp³-hybridized carbons (Fsp3) is 0.0556. The van der Waals surface area contributed by atoms with Crippen LogP contribution in [-0.2, 0) is 5.41 Å². The second-order valence-electron chi connectivity index (χ2n) is 15.9. The van der Waals surface area contributed by atoms with Gasteiger partial charge in [-0.05, 0) is 86.9 Å². The molecule has 0 saturated carbocycles. The lowest BCUT2D eigenvalue weighted by atomic mass is 9.81. The van der Waals surface area contributed by atoms with Gasteiger partial charge in [-0.1, -0.05) is 153 Å². The average molecular weight is 744 g/mol. The van der Waals surface area contributed by atoms with Crippen LogP contribution in [0.4, 0.5) is 17.1 Å². The lowest BCUT2D eigenvalue weighted by Gasteiger charge is -2.33. The average Bonchev–Trinajstić information content (AvgIpc) is 3.93. The molecule has 1 aliphatic carbocycles. The molecule has 274 valence electrons. The van der Waals surface area contributed by atoms with Crippen LogP contribution in [0.25, 0.3) is 82.7 Å². The molecular formula is C54H37N3O. The van der Waals surface area contributed by atoms with Gasteiger partial charge in [-0.25, -0.2) is 4.98 Å². The number of hydrogen-bond acceptors (Lipinski definition) is 3. The van der Waals surface area contributed by atoms with Gasteiger partial charge in [0, 0.05) is 32.8 Å². The molecule has 11 aromatic rings. The van der Waals surface area contributed by atoms with E-state index in [-0.39, 0.29) is 5.41 Å². The zero-order chi connectivity index (χ0) is 38.5. The lowest BCUT2D eigenvalue weighted by molar-refractivity contribution is 0.620. The molecule has 4 nitrogen and oxygen atoms in total. The molecule has 0 bridgehead atoms. The van der Waals surface area contributed by atoms with E-state index >= 15 is 0 Å². The Morgan fingerprint density at radius 2 is 1.14 bits per heavy atom. The Morgan fingerprint density at radius 1 is 0.500 bits per heavy atom. The van der Waals surface area contributed by atoms with Crippen molar-refractivity contribution in [3.63, 3.8) is 0 Å². The van der Waals surface area contributed by atoms with Crippen molar-refractivity contribution in [2.45, 2.75) is 19.3 Å². The molecular weight excluding hydrogens is 707 g/mol. The molecule has 4 heteroatoms. The second-order valence-corrected chi connectivity index (χ2v) is 15.9. The van der Waals surface area contributed by atoms with Crippen LogP contribution in [-0.4, -0.2) is 9.55 Å². The van der Waals surface area contributed by atoms with Crippen molar-refractivity contribution in [3.8, 4) is 28.3 Å². The molecule has 0 radical (unpaired) electrons. The first-order chi connectivity index (χ1) is 28.6. The highest BCUT2D eigenvalue weighted by Gasteiger charge is 2.39. The number of aromatic nitrogens is 2. The van der Waals surface area contributed by atoms with Gasteiger partial charge >= 0.3 is 0 Å². The van der Waals surface area contributed by atoms with Crippen molar-refractivity contribution in [2.24, 2.45) is 0 Å². The van der Waals surface area contributed by atoms with Gasteiger partial charge in [0.15, 0.2) is 5.58 Å². The standard InChI is InChI=1S/C54H37N3O/c1-54(2)43-28-12-10-22-37(43)40-26-15-31-46(51(40)54)57(47-32-16-29-44-52(47)58-53(55-44)41-27-14-18-34-17-6-7-21-36(34)41)48-33-49-50(39-24-9-8-23-38(39)48)42-25-11-13-30-45(42)56(49)35-19-4-3-5-20-35/h3-33H,1-2H3. The Balaban J connectivity index is 1.22. The van der Waals surface area contributed by atoms with Crippen LogP contribution in [0.2, 0.25) is 0 Å². The third-order valence-electron chi connectivity index (χ3n) is 12.4. The molecule has 12 rings (SSSR count). The molecule has 0 saturated heterocycles. The zero-order valence-corrected chi connectivity index (χ0v) is 32.1. The summed E-state index contributed by atoms with van der Waals surface area (Å²) in [5.41, 5.74) is 14.0. The van der Waals surface area contributed by atoms with Gasteiger partial charge in [0.2, 0.25) is 5.89 Å². The van der Waals surface area contributed by atoms with Crippen molar-refractivity contribution < 1.29 is 4.42 Å².